The maximum absolute atomic E-state index is 12.6. The number of aromatic nitrogens is 1. The van der Waals surface area contributed by atoms with Crippen molar-refractivity contribution in [3.8, 4) is 0 Å². The van der Waals surface area contributed by atoms with Crippen molar-refractivity contribution in [1.29, 1.82) is 0 Å². The molecule has 1 aromatic heterocycles. The molecule has 0 bridgehead atoms. The Balaban J connectivity index is 1.60. The molecule has 0 unspecified atom stereocenters. The molecule has 6 nitrogen and oxygen atoms in total. The van der Waals surface area contributed by atoms with Gasteiger partial charge in [-0.1, -0.05) is 44.2 Å². The zero-order valence-electron chi connectivity index (χ0n) is 16.1. The van der Waals surface area contributed by atoms with Gasteiger partial charge in [0.1, 0.15) is 10.7 Å². The number of hydrogen-bond acceptors (Lipinski definition) is 5. The lowest BCUT2D eigenvalue weighted by atomic mass is 10.2. The van der Waals surface area contributed by atoms with E-state index in [1.165, 1.54) is 16.1 Å². The minimum atomic E-state index is -3.45. The molecule has 1 aliphatic rings. The Kier molecular flexibility index (Phi) is 6.46. The third-order valence-electron chi connectivity index (χ3n) is 5.01. The van der Waals surface area contributed by atoms with Crippen LogP contribution in [0.4, 0.5) is 5.82 Å². The number of anilines is 1. The normalized spacial score (nSPS) is 16.0. The first-order valence-corrected chi connectivity index (χ1v) is 11.0. The molecule has 0 aliphatic carbocycles. The van der Waals surface area contributed by atoms with Crippen molar-refractivity contribution >= 4 is 15.8 Å². The van der Waals surface area contributed by atoms with E-state index < -0.39 is 10.0 Å². The number of nitrogens with zero attached hydrogens (tertiary/aromatic N) is 4. The molecule has 146 valence electrons. The predicted molar refractivity (Wildman–Crippen MR) is 108 cm³/mol. The Hall–Kier alpha value is -1.96. The largest absolute Gasteiger partial charge is 0.354 e. The van der Waals surface area contributed by atoms with Crippen molar-refractivity contribution in [2.45, 2.75) is 25.3 Å². The number of pyridine rings is 1. The van der Waals surface area contributed by atoms with Crippen LogP contribution < -0.4 is 4.90 Å². The molecule has 7 heteroatoms. The van der Waals surface area contributed by atoms with Gasteiger partial charge in [0.05, 0.1) is 0 Å². The average Bonchev–Trinajstić information content (AvgIpc) is 2.70. The van der Waals surface area contributed by atoms with Gasteiger partial charge >= 0.3 is 0 Å². The number of benzene rings is 1. The van der Waals surface area contributed by atoms with Crippen LogP contribution in [0.5, 0.6) is 0 Å². The fraction of sp³-hybridized carbons (Fsp3) is 0.450. The Morgan fingerprint density at radius 1 is 0.963 bits per heavy atom. The highest BCUT2D eigenvalue weighted by molar-refractivity contribution is 7.89. The molecule has 0 radical (unpaired) electrons. The van der Waals surface area contributed by atoms with Crippen LogP contribution in [0, 0.1) is 0 Å². The molecule has 0 atom stereocenters. The van der Waals surface area contributed by atoms with Gasteiger partial charge in [-0.2, -0.15) is 4.31 Å². The van der Waals surface area contributed by atoms with Crippen LogP contribution in [0.25, 0.3) is 0 Å². The van der Waals surface area contributed by atoms with Crippen molar-refractivity contribution in [3.05, 3.63) is 54.2 Å². The SMILES string of the molecule is CCN(CC)S(=O)(=O)c1ccc(N2CCN(Cc3ccccc3)CC2)nc1. The molecular weight excluding hydrogens is 360 g/mol. The molecular formula is C20H28N4O2S. The summed E-state index contributed by atoms with van der Waals surface area (Å²) >= 11 is 0. The van der Waals surface area contributed by atoms with Crippen molar-refractivity contribution in [2.75, 3.05) is 44.2 Å². The van der Waals surface area contributed by atoms with E-state index in [0.717, 1.165) is 38.5 Å². The van der Waals surface area contributed by atoms with E-state index in [0.29, 0.717) is 13.1 Å². The van der Waals surface area contributed by atoms with E-state index in [1.54, 1.807) is 6.07 Å². The Morgan fingerprint density at radius 2 is 1.63 bits per heavy atom. The molecule has 27 heavy (non-hydrogen) atoms. The lowest BCUT2D eigenvalue weighted by Gasteiger charge is -2.35. The highest BCUT2D eigenvalue weighted by Gasteiger charge is 2.23. The first-order chi connectivity index (χ1) is 13.0. The molecule has 1 saturated heterocycles. The maximum Gasteiger partial charge on any atom is 0.244 e. The predicted octanol–water partition coefficient (Wildman–Crippen LogP) is 2.43. The molecule has 0 spiro atoms. The third kappa shape index (κ3) is 4.66. The molecule has 3 rings (SSSR count). The van der Waals surface area contributed by atoms with Gasteiger partial charge in [-0.05, 0) is 17.7 Å². The number of hydrogen-bond donors (Lipinski definition) is 0. The Morgan fingerprint density at radius 3 is 2.19 bits per heavy atom. The fourth-order valence-corrected chi connectivity index (χ4v) is 4.81. The van der Waals surface area contributed by atoms with E-state index >= 15 is 0 Å². The number of piperazine rings is 1. The van der Waals surface area contributed by atoms with Gasteiger partial charge in [0, 0.05) is 52.0 Å². The van der Waals surface area contributed by atoms with Crippen molar-refractivity contribution in [2.24, 2.45) is 0 Å². The molecule has 2 aromatic rings. The van der Waals surface area contributed by atoms with E-state index in [-0.39, 0.29) is 4.90 Å². The molecule has 1 fully saturated rings. The number of sulfonamides is 1. The molecule has 1 aliphatic heterocycles. The van der Waals surface area contributed by atoms with Gasteiger partial charge in [0.25, 0.3) is 0 Å². The zero-order valence-corrected chi connectivity index (χ0v) is 16.9. The summed E-state index contributed by atoms with van der Waals surface area (Å²) in [5, 5.41) is 0. The summed E-state index contributed by atoms with van der Waals surface area (Å²) in [7, 11) is -3.45. The van der Waals surface area contributed by atoms with Crippen LogP contribution in [0.15, 0.2) is 53.6 Å². The Bertz CT molecular complexity index is 813. The highest BCUT2D eigenvalue weighted by Crippen LogP contribution is 2.19. The quantitative estimate of drug-likeness (QED) is 0.729. The van der Waals surface area contributed by atoms with E-state index in [4.69, 9.17) is 0 Å². The van der Waals surface area contributed by atoms with Gasteiger partial charge in [0.15, 0.2) is 0 Å². The van der Waals surface area contributed by atoms with Crippen LogP contribution in [-0.4, -0.2) is 61.9 Å². The van der Waals surface area contributed by atoms with Gasteiger partial charge < -0.3 is 4.90 Å². The highest BCUT2D eigenvalue weighted by atomic mass is 32.2. The standard InChI is InChI=1S/C20H28N4O2S/c1-3-24(4-2)27(25,26)19-10-11-20(21-16-19)23-14-12-22(13-15-23)17-18-8-6-5-7-9-18/h5-11,16H,3-4,12-15,17H2,1-2H3. The molecule has 2 heterocycles. The topological polar surface area (TPSA) is 56.8 Å². The van der Waals surface area contributed by atoms with E-state index in [1.807, 2.05) is 26.0 Å². The van der Waals surface area contributed by atoms with Crippen molar-refractivity contribution in [3.63, 3.8) is 0 Å². The summed E-state index contributed by atoms with van der Waals surface area (Å²) < 4.78 is 26.6. The van der Waals surface area contributed by atoms with E-state index in [2.05, 4.69) is 39.0 Å². The van der Waals surface area contributed by atoms with Crippen LogP contribution in [0.3, 0.4) is 0 Å². The second-order valence-corrected chi connectivity index (χ2v) is 8.63. The monoisotopic (exact) mass is 388 g/mol. The minimum absolute atomic E-state index is 0.262. The second-order valence-electron chi connectivity index (χ2n) is 6.69. The van der Waals surface area contributed by atoms with Crippen LogP contribution in [-0.2, 0) is 16.6 Å². The summed E-state index contributed by atoms with van der Waals surface area (Å²) in [5.41, 5.74) is 1.33. The maximum atomic E-state index is 12.6. The molecule has 0 N–H and O–H groups in total. The van der Waals surface area contributed by atoms with Gasteiger partial charge in [-0.3, -0.25) is 4.90 Å². The second kappa shape index (κ2) is 8.82. The first kappa shape index (κ1) is 19.8. The molecule has 0 amide bonds. The van der Waals surface area contributed by atoms with Crippen molar-refractivity contribution < 1.29 is 8.42 Å². The lowest BCUT2D eigenvalue weighted by Crippen LogP contribution is -2.46. The first-order valence-electron chi connectivity index (χ1n) is 9.52. The molecule has 0 saturated carbocycles. The minimum Gasteiger partial charge on any atom is -0.354 e. The van der Waals surface area contributed by atoms with Crippen LogP contribution >= 0.6 is 0 Å². The smallest absolute Gasteiger partial charge is 0.244 e. The van der Waals surface area contributed by atoms with Gasteiger partial charge in [-0.15, -0.1) is 0 Å². The van der Waals surface area contributed by atoms with Crippen LogP contribution in [0.1, 0.15) is 19.4 Å². The summed E-state index contributed by atoms with van der Waals surface area (Å²) in [6.07, 6.45) is 1.49. The average molecular weight is 389 g/mol. The Labute approximate surface area is 162 Å². The van der Waals surface area contributed by atoms with Gasteiger partial charge in [0.2, 0.25) is 10.0 Å². The molecule has 1 aromatic carbocycles. The third-order valence-corrected chi connectivity index (χ3v) is 7.04. The van der Waals surface area contributed by atoms with Crippen molar-refractivity contribution in [1.82, 2.24) is 14.2 Å². The lowest BCUT2D eigenvalue weighted by molar-refractivity contribution is 0.249. The fourth-order valence-electron chi connectivity index (χ4n) is 3.40. The summed E-state index contributed by atoms with van der Waals surface area (Å²) in [5.74, 6) is 0.841. The summed E-state index contributed by atoms with van der Waals surface area (Å²) in [6.45, 7) is 9.29. The van der Waals surface area contributed by atoms with Crippen LogP contribution in [0.2, 0.25) is 0 Å². The van der Waals surface area contributed by atoms with Gasteiger partial charge in [-0.25, -0.2) is 13.4 Å². The van der Waals surface area contributed by atoms with E-state index in [9.17, 15) is 8.42 Å². The zero-order chi connectivity index (χ0) is 19.3. The summed E-state index contributed by atoms with van der Waals surface area (Å²) in [6, 6.07) is 14.0. The number of rotatable bonds is 7. The summed E-state index contributed by atoms with van der Waals surface area (Å²) in [4.78, 5) is 9.35.